The molecule has 2 heterocycles. The molecule has 0 spiro atoms. The normalized spacial score (nSPS) is 11.2. The standard InChI is InChI=1S/C17H18N3/c1-4-13-7-9-14(10-8-13)20-16(5-2)19-15-11-6-12(3)18-17(15)20/h6-11H,1,4-5H2,2-3H3. The zero-order chi connectivity index (χ0) is 14.1. The molecule has 20 heavy (non-hydrogen) atoms. The lowest BCUT2D eigenvalue weighted by Crippen LogP contribution is -2.01. The largest absolute Gasteiger partial charge is 0.281 e. The van der Waals surface area contributed by atoms with E-state index >= 15 is 0 Å². The fraction of sp³-hybridized carbons (Fsp3) is 0.235. The van der Waals surface area contributed by atoms with Crippen LogP contribution in [0.15, 0.2) is 36.4 Å². The topological polar surface area (TPSA) is 30.7 Å². The van der Waals surface area contributed by atoms with Crippen LogP contribution in [0.25, 0.3) is 16.9 Å². The third-order valence-electron chi connectivity index (χ3n) is 3.51. The van der Waals surface area contributed by atoms with Gasteiger partial charge < -0.3 is 0 Å². The maximum atomic E-state index is 4.68. The molecule has 0 bridgehead atoms. The van der Waals surface area contributed by atoms with Crippen molar-refractivity contribution in [2.45, 2.75) is 26.7 Å². The minimum Gasteiger partial charge on any atom is -0.281 e. The summed E-state index contributed by atoms with van der Waals surface area (Å²) in [6.45, 7) is 8.04. The first-order valence-corrected chi connectivity index (χ1v) is 6.96. The minimum atomic E-state index is 0.808. The molecule has 0 saturated carbocycles. The van der Waals surface area contributed by atoms with E-state index in [1.807, 2.05) is 19.1 Å². The number of hydrogen-bond acceptors (Lipinski definition) is 2. The molecule has 3 nitrogen and oxygen atoms in total. The minimum absolute atomic E-state index is 0.808. The van der Waals surface area contributed by atoms with Gasteiger partial charge in [-0.25, -0.2) is 9.97 Å². The van der Waals surface area contributed by atoms with Gasteiger partial charge >= 0.3 is 0 Å². The number of hydrogen-bond donors (Lipinski definition) is 0. The Bertz CT molecular complexity index is 739. The number of imidazole rings is 1. The van der Waals surface area contributed by atoms with Crippen molar-refractivity contribution in [3.63, 3.8) is 0 Å². The number of nitrogens with zero attached hydrogens (tertiary/aromatic N) is 3. The van der Waals surface area contributed by atoms with E-state index in [2.05, 4.69) is 52.6 Å². The molecule has 0 N–H and O–H groups in total. The van der Waals surface area contributed by atoms with E-state index in [1.165, 1.54) is 5.56 Å². The van der Waals surface area contributed by atoms with E-state index in [0.717, 1.165) is 41.2 Å². The van der Waals surface area contributed by atoms with Crippen molar-refractivity contribution in [1.82, 2.24) is 14.5 Å². The van der Waals surface area contributed by atoms with Gasteiger partial charge in [-0.3, -0.25) is 4.57 Å². The van der Waals surface area contributed by atoms with Gasteiger partial charge in [0, 0.05) is 17.8 Å². The molecule has 0 unspecified atom stereocenters. The number of fused-ring (bicyclic) bond motifs is 1. The highest BCUT2D eigenvalue weighted by molar-refractivity contribution is 5.74. The molecular weight excluding hydrogens is 246 g/mol. The lowest BCUT2D eigenvalue weighted by Gasteiger charge is -2.08. The van der Waals surface area contributed by atoms with Crippen molar-refractivity contribution in [3.8, 4) is 5.69 Å². The molecule has 3 heteroatoms. The third kappa shape index (κ3) is 2.09. The molecule has 0 aliphatic heterocycles. The van der Waals surface area contributed by atoms with Gasteiger partial charge in [-0.1, -0.05) is 19.1 Å². The Kier molecular flexibility index (Phi) is 3.26. The van der Waals surface area contributed by atoms with Crippen molar-refractivity contribution >= 4 is 11.2 Å². The lowest BCUT2D eigenvalue weighted by atomic mass is 10.1. The van der Waals surface area contributed by atoms with E-state index in [9.17, 15) is 0 Å². The van der Waals surface area contributed by atoms with Gasteiger partial charge in [0.1, 0.15) is 11.3 Å². The first-order chi connectivity index (χ1) is 9.72. The van der Waals surface area contributed by atoms with Crippen LogP contribution in [-0.4, -0.2) is 14.5 Å². The molecule has 3 rings (SSSR count). The fourth-order valence-corrected chi connectivity index (χ4v) is 2.42. The van der Waals surface area contributed by atoms with Crippen LogP contribution in [0.3, 0.4) is 0 Å². The predicted molar refractivity (Wildman–Crippen MR) is 82.0 cm³/mol. The van der Waals surface area contributed by atoms with Crippen LogP contribution in [0.1, 0.15) is 24.0 Å². The van der Waals surface area contributed by atoms with E-state index < -0.39 is 0 Å². The summed E-state index contributed by atoms with van der Waals surface area (Å²) < 4.78 is 2.15. The maximum absolute atomic E-state index is 4.68. The van der Waals surface area contributed by atoms with E-state index in [0.29, 0.717) is 0 Å². The Labute approximate surface area is 119 Å². The summed E-state index contributed by atoms with van der Waals surface area (Å²) in [4.78, 5) is 9.33. The molecule has 0 aliphatic carbocycles. The van der Waals surface area contributed by atoms with Gasteiger partial charge in [-0.2, -0.15) is 0 Å². The highest BCUT2D eigenvalue weighted by Crippen LogP contribution is 2.21. The van der Waals surface area contributed by atoms with Crippen LogP contribution in [0.2, 0.25) is 0 Å². The first kappa shape index (κ1) is 12.9. The van der Waals surface area contributed by atoms with Crippen molar-refractivity contribution in [1.29, 1.82) is 0 Å². The average molecular weight is 264 g/mol. The highest BCUT2D eigenvalue weighted by Gasteiger charge is 2.12. The second-order valence-electron chi connectivity index (χ2n) is 4.93. The van der Waals surface area contributed by atoms with E-state index in [4.69, 9.17) is 0 Å². The number of aryl methyl sites for hydroxylation is 2. The average Bonchev–Trinajstić information content (AvgIpc) is 2.85. The van der Waals surface area contributed by atoms with Crippen LogP contribution in [-0.2, 0) is 12.8 Å². The molecule has 101 valence electrons. The summed E-state index contributed by atoms with van der Waals surface area (Å²) in [6, 6.07) is 12.5. The smallest absolute Gasteiger partial charge is 0.164 e. The van der Waals surface area contributed by atoms with Crippen molar-refractivity contribution in [2.75, 3.05) is 0 Å². The Morgan fingerprint density at radius 3 is 2.45 bits per heavy atom. The summed E-state index contributed by atoms with van der Waals surface area (Å²) >= 11 is 0. The molecule has 0 fully saturated rings. The fourth-order valence-electron chi connectivity index (χ4n) is 2.42. The van der Waals surface area contributed by atoms with Crippen LogP contribution in [0.4, 0.5) is 0 Å². The predicted octanol–water partition coefficient (Wildman–Crippen LogP) is 3.67. The number of rotatable bonds is 3. The third-order valence-corrected chi connectivity index (χ3v) is 3.51. The van der Waals surface area contributed by atoms with Crippen LogP contribution < -0.4 is 0 Å². The molecule has 0 aliphatic rings. The highest BCUT2D eigenvalue weighted by atomic mass is 15.1. The van der Waals surface area contributed by atoms with E-state index in [-0.39, 0.29) is 0 Å². The van der Waals surface area contributed by atoms with Crippen molar-refractivity contribution in [2.24, 2.45) is 0 Å². The monoisotopic (exact) mass is 264 g/mol. The van der Waals surface area contributed by atoms with Crippen molar-refractivity contribution < 1.29 is 0 Å². The Morgan fingerprint density at radius 2 is 1.80 bits per heavy atom. The number of aromatic nitrogens is 3. The summed E-state index contributed by atoms with van der Waals surface area (Å²) in [6.07, 6.45) is 1.69. The zero-order valence-corrected chi connectivity index (χ0v) is 11.9. The van der Waals surface area contributed by atoms with Gasteiger partial charge in [-0.15, -0.1) is 0 Å². The molecule has 2 aromatic heterocycles. The van der Waals surface area contributed by atoms with Gasteiger partial charge in [0.25, 0.3) is 0 Å². The molecule has 0 saturated heterocycles. The Balaban J connectivity index is 2.24. The molecule has 3 aromatic rings. The number of pyridine rings is 1. The van der Waals surface area contributed by atoms with Gasteiger partial charge in [0.15, 0.2) is 5.65 Å². The van der Waals surface area contributed by atoms with Gasteiger partial charge in [0.2, 0.25) is 0 Å². The van der Waals surface area contributed by atoms with Crippen LogP contribution in [0.5, 0.6) is 0 Å². The Morgan fingerprint density at radius 1 is 1.05 bits per heavy atom. The molecule has 0 amide bonds. The lowest BCUT2D eigenvalue weighted by molar-refractivity contribution is 0.899. The summed E-state index contributed by atoms with van der Waals surface area (Å²) in [5.74, 6) is 1.04. The second-order valence-corrected chi connectivity index (χ2v) is 4.93. The summed E-state index contributed by atoms with van der Waals surface area (Å²) in [5.41, 5.74) is 5.24. The molecule has 0 atom stereocenters. The maximum Gasteiger partial charge on any atom is 0.164 e. The quantitative estimate of drug-likeness (QED) is 0.722. The SMILES string of the molecule is [CH2]Cc1ccc(-n2c(CC)nc3ccc(C)nc32)cc1. The van der Waals surface area contributed by atoms with Crippen LogP contribution >= 0.6 is 0 Å². The Hall–Kier alpha value is -2.16. The van der Waals surface area contributed by atoms with Gasteiger partial charge in [0.05, 0.1) is 0 Å². The number of benzene rings is 1. The second kappa shape index (κ2) is 5.08. The molecule has 1 aromatic carbocycles. The van der Waals surface area contributed by atoms with Gasteiger partial charge in [-0.05, 0) is 50.1 Å². The van der Waals surface area contributed by atoms with Crippen LogP contribution in [0, 0.1) is 13.8 Å². The summed E-state index contributed by atoms with van der Waals surface area (Å²) in [7, 11) is 0. The van der Waals surface area contributed by atoms with Crippen molar-refractivity contribution in [3.05, 3.63) is 60.4 Å². The zero-order valence-electron chi connectivity index (χ0n) is 11.9. The summed E-state index contributed by atoms with van der Waals surface area (Å²) in [5, 5.41) is 0. The molecular formula is C17H18N3. The molecule has 1 radical (unpaired) electrons. The first-order valence-electron chi connectivity index (χ1n) is 6.96. The van der Waals surface area contributed by atoms with E-state index in [1.54, 1.807) is 0 Å².